The van der Waals surface area contributed by atoms with Gasteiger partial charge in [0.15, 0.2) is 11.5 Å². The van der Waals surface area contributed by atoms with Gasteiger partial charge >= 0.3 is 0 Å². The summed E-state index contributed by atoms with van der Waals surface area (Å²) in [5.41, 5.74) is 1.10. The Kier molecular flexibility index (Phi) is 2.94. The Hall–Kier alpha value is -1.94. The van der Waals surface area contributed by atoms with E-state index in [9.17, 15) is 0 Å². The molecule has 18 heavy (non-hydrogen) atoms. The van der Waals surface area contributed by atoms with Gasteiger partial charge in [-0.05, 0) is 25.1 Å². The van der Waals surface area contributed by atoms with E-state index in [1.807, 2.05) is 30.3 Å². The fourth-order valence-corrected chi connectivity index (χ4v) is 2.03. The first-order valence-corrected chi connectivity index (χ1v) is 5.99. The lowest BCUT2D eigenvalue weighted by Gasteiger charge is -2.12. The largest absolute Gasteiger partial charge is 0.468 e. The molecule has 1 aliphatic rings. The highest BCUT2D eigenvalue weighted by molar-refractivity contribution is 5.48. The predicted molar refractivity (Wildman–Crippen MR) is 66.5 cm³/mol. The molecule has 4 heteroatoms. The summed E-state index contributed by atoms with van der Waals surface area (Å²) in [7, 11) is 0. The topological polar surface area (TPSA) is 43.6 Å². The quantitative estimate of drug-likeness (QED) is 0.899. The minimum absolute atomic E-state index is 0.165. The summed E-state index contributed by atoms with van der Waals surface area (Å²) in [5, 5.41) is 3.40. The Labute approximate surface area is 106 Å². The summed E-state index contributed by atoms with van der Waals surface area (Å²) in [6, 6.07) is 9.95. The molecule has 94 valence electrons. The third-order valence-electron chi connectivity index (χ3n) is 3.05. The van der Waals surface area contributed by atoms with Gasteiger partial charge in [0.25, 0.3) is 0 Å². The number of ether oxygens (including phenoxy) is 2. The second kappa shape index (κ2) is 4.74. The Morgan fingerprint density at radius 3 is 3.00 bits per heavy atom. The second-order valence-electron chi connectivity index (χ2n) is 4.27. The van der Waals surface area contributed by atoms with Crippen molar-refractivity contribution in [3.05, 3.63) is 47.9 Å². The number of para-hydroxylation sites is 1. The molecule has 0 saturated carbocycles. The molecule has 1 aliphatic heterocycles. The molecule has 0 radical (unpaired) electrons. The summed E-state index contributed by atoms with van der Waals surface area (Å²) in [6.45, 7) is 3.09. The van der Waals surface area contributed by atoms with E-state index in [2.05, 4.69) is 12.2 Å². The molecule has 0 fully saturated rings. The summed E-state index contributed by atoms with van der Waals surface area (Å²) in [4.78, 5) is 0. The smallest absolute Gasteiger partial charge is 0.231 e. The molecule has 2 heterocycles. The van der Waals surface area contributed by atoms with E-state index in [1.165, 1.54) is 0 Å². The molecule has 2 aromatic rings. The van der Waals surface area contributed by atoms with E-state index in [-0.39, 0.29) is 6.04 Å². The van der Waals surface area contributed by atoms with Crippen molar-refractivity contribution in [2.24, 2.45) is 0 Å². The first-order chi connectivity index (χ1) is 8.84. The van der Waals surface area contributed by atoms with Gasteiger partial charge in [-0.15, -0.1) is 0 Å². The van der Waals surface area contributed by atoms with E-state index in [0.29, 0.717) is 13.3 Å². The summed E-state index contributed by atoms with van der Waals surface area (Å²) in [6.07, 6.45) is 1.69. The van der Waals surface area contributed by atoms with Gasteiger partial charge in [-0.1, -0.05) is 12.1 Å². The normalized spacial score (nSPS) is 14.7. The third kappa shape index (κ3) is 2.07. The summed E-state index contributed by atoms with van der Waals surface area (Å²) in [5.74, 6) is 2.59. The van der Waals surface area contributed by atoms with E-state index < -0.39 is 0 Å². The van der Waals surface area contributed by atoms with Gasteiger partial charge in [0.2, 0.25) is 6.79 Å². The molecule has 1 aromatic heterocycles. The van der Waals surface area contributed by atoms with Crippen molar-refractivity contribution in [1.29, 1.82) is 0 Å². The highest BCUT2D eigenvalue weighted by Gasteiger charge is 2.17. The Morgan fingerprint density at radius 1 is 1.22 bits per heavy atom. The van der Waals surface area contributed by atoms with Crippen molar-refractivity contribution in [1.82, 2.24) is 5.32 Å². The fourth-order valence-electron chi connectivity index (χ4n) is 2.03. The maximum Gasteiger partial charge on any atom is 0.231 e. The van der Waals surface area contributed by atoms with Crippen LogP contribution in [0.5, 0.6) is 11.5 Å². The Bertz CT molecular complexity index is 522. The molecular formula is C14H15NO3. The van der Waals surface area contributed by atoms with Crippen LogP contribution < -0.4 is 14.8 Å². The maximum atomic E-state index is 5.47. The van der Waals surface area contributed by atoms with Gasteiger partial charge in [-0.25, -0.2) is 0 Å². The zero-order chi connectivity index (χ0) is 12.4. The molecule has 0 amide bonds. The van der Waals surface area contributed by atoms with Gasteiger partial charge in [-0.2, -0.15) is 0 Å². The molecule has 1 atom stereocenters. The number of furan rings is 1. The summed E-state index contributed by atoms with van der Waals surface area (Å²) >= 11 is 0. The average molecular weight is 245 g/mol. The molecule has 1 N–H and O–H groups in total. The van der Waals surface area contributed by atoms with Crippen LogP contribution in [0.2, 0.25) is 0 Å². The van der Waals surface area contributed by atoms with Crippen LogP contribution in [0.1, 0.15) is 24.3 Å². The van der Waals surface area contributed by atoms with Crippen LogP contribution >= 0.6 is 0 Å². The number of benzene rings is 1. The third-order valence-corrected chi connectivity index (χ3v) is 3.05. The minimum atomic E-state index is 0.165. The van der Waals surface area contributed by atoms with Gasteiger partial charge in [0.1, 0.15) is 5.76 Å². The lowest BCUT2D eigenvalue weighted by atomic mass is 10.1. The number of hydrogen-bond acceptors (Lipinski definition) is 4. The van der Waals surface area contributed by atoms with Crippen LogP contribution in [0.25, 0.3) is 0 Å². The van der Waals surface area contributed by atoms with E-state index in [4.69, 9.17) is 13.9 Å². The van der Waals surface area contributed by atoms with Crippen LogP contribution in [0.4, 0.5) is 0 Å². The number of hydrogen-bond donors (Lipinski definition) is 1. The minimum Gasteiger partial charge on any atom is -0.468 e. The van der Waals surface area contributed by atoms with Crippen LogP contribution in [0, 0.1) is 0 Å². The predicted octanol–water partition coefficient (Wildman–Crippen LogP) is 2.86. The molecule has 0 saturated heterocycles. The zero-order valence-electron chi connectivity index (χ0n) is 10.2. The lowest BCUT2D eigenvalue weighted by Crippen LogP contribution is -2.17. The van der Waals surface area contributed by atoms with Gasteiger partial charge in [-0.3, -0.25) is 0 Å². The van der Waals surface area contributed by atoms with E-state index >= 15 is 0 Å². The average Bonchev–Trinajstić information content (AvgIpc) is 3.05. The van der Waals surface area contributed by atoms with Crippen molar-refractivity contribution in [3.8, 4) is 11.5 Å². The van der Waals surface area contributed by atoms with Gasteiger partial charge in [0.05, 0.1) is 12.3 Å². The first-order valence-electron chi connectivity index (χ1n) is 5.99. The number of fused-ring (bicyclic) bond motifs is 1. The standard InChI is InChI=1S/C14H15NO3/c1-10(12-6-3-7-16-12)15-8-11-4-2-5-13-14(11)18-9-17-13/h2-7,10,15H,8-9H2,1H3/t10-/m0/s1. The highest BCUT2D eigenvalue weighted by Crippen LogP contribution is 2.35. The molecule has 4 nitrogen and oxygen atoms in total. The Morgan fingerprint density at radius 2 is 2.17 bits per heavy atom. The molecule has 0 bridgehead atoms. The zero-order valence-corrected chi connectivity index (χ0v) is 10.2. The van der Waals surface area contributed by atoms with Crippen LogP contribution in [0.3, 0.4) is 0 Å². The molecule has 3 rings (SSSR count). The second-order valence-corrected chi connectivity index (χ2v) is 4.27. The van der Waals surface area contributed by atoms with Crippen LogP contribution in [0.15, 0.2) is 41.0 Å². The highest BCUT2D eigenvalue weighted by atomic mass is 16.7. The van der Waals surface area contributed by atoms with Gasteiger partial charge < -0.3 is 19.2 Å². The number of nitrogens with one attached hydrogen (secondary N) is 1. The monoisotopic (exact) mass is 245 g/mol. The molecular weight excluding hydrogens is 230 g/mol. The van der Waals surface area contributed by atoms with Crippen LogP contribution in [-0.2, 0) is 6.54 Å². The first kappa shape index (κ1) is 11.2. The SMILES string of the molecule is C[C@H](NCc1cccc2c1OCO2)c1ccco1. The van der Waals surface area contributed by atoms with Crippen LogP contribution in [-0.4, -0.2) is 6.79 Å². The Balaban J connectivity index is 1.69. The van der Waals surface area contributed by atoms with E-state index in [0.717, 1.165) is 22.8 Å². The molecule has 0 spiro atoms. The fraction of sp³-hybridized carbons (Fsp3) is 0.286. The molecule has 1 aromatic carbocycles. The van der Waals surface area contributed by atoms with Crippen molar-refractivity contribution in [3.63, 3.8) is 0 Å². The maximum absolute atomic E-state index is 5.47. The molecule has 0 unspecified atom stereocenters. The van der Waals surface area contributed by atoms with Gasteiger partial charge in [0, 0.05) is 12.1 Å². The lowest BCUT2D eigenvalue weighted by molar-refractivity contribution is 0.173. The summed E-state index contributed by atoms with van der Waals surface area (Å²) < 4.78 is 16.2. The van der Waals surface area contributed by atoms with Crippen molar-refractivity contribution in [2.75, 3.05) is 6.79 Å². The molecule has 0 aliphatic carbocycles. The van der Waals surface area contributed by atoms with Crippen molar-refractivity contribution >= 4 is 0 Å². The van der Waals surface area contributed by atoms with E-state index in [1.54, 1.807) is 6.26 Å². The van der Waals surface area contributed by atoms with Crippen molar-refractivity contribution in [2.45, 2.75) is 19.5 Å². The van der Waals surface area contributed by atoms with Crippen molar-refractivity contribution < 1.29 is 13.9 Å². The number of rotatable bonds is 4.